The third-order valence-corrected chi connectivity index (χ3v) is 2.41. The Morgan fingerprint density at radius 2 is 2.13 bits per heavy atom. The molecule has 0 radical (unpaired) electrons. The smallest absolute Gasteiger partial charge is 0.305 e. The maximum absolute atomic E-state index is 11.3. The van der Waals surface area contributed by atoms with E-state index < -0.39 is 0 Å². The Morgan fingerprint density at radius 1 is 1.40 bits per heavy atom. The van der Waals surface area contributed by atoms with Gasteiger partial charge < -0.3 is 4.74 Å². The van der Waals surface area contributed by atoms with Crippen molar-refractivity contribution in [1.82, 2.24) is 0 Å². The van der Waals surface area contributed by atoms with E-state index in [-0.39, 0.29) is 5.97 Å². The lowest BCUT2D eigenvalue weighted by Crippen LogP contribution is -2.13. The number of carbonyl (C=O) groups is 1. The molecule has 0 bridgehead atoms. The molecule has 2 nitrogen and oxygen atoms in total. The Balaban J connectivity index is 3.67. The summed E-state index contributed by atoms with van der Waals surface area (Å²) in [6.07, 6.45) is 7.61. The Hall–Kier alpha value is -0.790. The molecule has 0 aliphatic heterocycles. The molecule has 0 aromatic carbocycles. The zero-order valence-corrected chi connectivity index (χ0v) is 10.1. The Labute approximate surface area is 93.7 Å². The van der Waals surface area contributed by atoms with Gasteiger partial charge in [0.25, 0.3) is 0 Å². The first-order valence-electron chi connectivity index (χ1n) is 6.01. The fourth-order valence-electron chi connectivity index (χ4n) is 1.52. The number of rotatable bonds is 9. The monoisotopic (exact) mass is 212 g/mol. The normalized spacial score (nSPS) is 12.1. The highest BCUT2D eigenvalue weighted by molar-refractivity contribution is 5.69. The molecule has 0 spiro atoms. The maximum Gasteiger partial charge on any atom is 0.305 e. The average molecular weight is 212 g/mol. The van der Waals surface area contributed by atoms with Crippen LogP contribution < -0.4 is 0 Å². The van der Waals surface area contributed by atoms with Gasteiger partial charge in [-0.25, -0.2) is 0 Å². The van der Waals surface area contributed by atoms with Crippen molar-refractivity contribution < 1.29 is 9.53 Å². The van der Waals surface area contributed by atoms with Crippen molar-refractivity contribution in [3.05, 3.63) is 12.7 Å². The Kier molecular flexibility index (Phi) is 9.24. The van der Waals surface area contributed by atoms with Gasteiger partial charge in [0.15, 0.2) is 0 Å². The molecular formula is C13H24O2. The Morgan fingerprint density at radius 3 is 2.67 bits per heavy atom. The van der Waals surface area contributed by atoms with Crippen LogP contribution in [-0.4, -0.2) is 12.6 Å². The number of ether oxygens (including phenoxy) is 1. The van der Waals surface area contributed by atoms with E-state index in [1.807, 2.05) is 6.08 Å². The van der Waals surface area contributed by atoms with E-state index in [1.54, 1.807) is 0 Å². The summed E-state index contributed by atoms with van der Waals surface area (Å²) in [4.78, 5) is 11.3. The summed E-state index contributed by atoms with van der Waals surface area (Å²) in [7, 11) is 0. The van der Waals surface area contributed by atoms with Gasteiger partial charge in [0.05, 0.1) is 6.61 Å². The third-order valence-electron chi connectivity index (χ3n) is 2.41. The summed E-state index contributed by atoms with van der Waals surface area (Å²) in [6.45, 7) is 8.50. The standard InChI is InChI=1S/C13H24O2/c1-4-7-10-13(14)15-11-12(8-5-2)9-6-3/h5,12H,2,4,6-11H2,1,3H3. The molecule has 2 heteroatoms. The SMILES string of the molecule is C=CCC(CCC)COC(=O)CCCC. The van der Waals surface area contributed by atoms with Crippen LogP contribution in [0, 0.1) is 5.92 Å². The predicted octanol–water partition coefficient (Wildman–Crippen LogP) is 3.71. The summed E-state index contributed by atoms with van der Waals surface area (Å²) in [5.41, 5.74) is 0. The lowest BCUT2D eigenvalue weighted by Gasteiger charge is -2.14. The molecule has 0 aliphatic rings. The number of carbonyl (C=O) groups excluding carboxylic acids is 1. The summed E-state index contributed by atoms with van der Waals surface area (Å²) in [5.74, 6) is 0.403. The molecule has 0 aliphatic carbocycles. The van der Waals surface area contributed by atoms with Gasteiger partial charge in [-0.15, -0.1) is 6.58 Å². The van der Waals surface area contributed by atoms with Gasteiger partial charge >= 0.3 is 5.97 Å². The van der Waals surface area contributed by atoms with Crippen molar-refractivity contribution in [2.75, 3.05) is 6.61 Å². The van der Waals surface area contributed by atoms with Gasteiger partial charge in [0.1, 0.15) is 0 Å². The quantitative estimate of drug-likeness (QED) is 0.430. The molecule has 1 unspecified atom stereocenters. The van der Waals surface area contributed by atoms with Crippen LogP contribution in [0.2, 0.25) is 0 Å². The van der Waals surface area contributed by atoms with E-state index in [2.05, 4.69) is 20.4 Å². The number of hydrogen-bond donors (Lipinski definition) is 0. The minimum absolute atomic E-state index is 0.0537. The third kappa shape index (κ3) is 8.22. The van der Waals surface area contributed by atoms with Gasteiger partial charge in [-0.05, 0) is 25.2 Å². The Bertz CT molecular complexity index is 175. The van der Waals surface area contributed by atoms with Gasteiger partial charge in [0, 0.05) is 6.42 Å². The van der Waals surface area contributed by atoms with Gasteiger partial charge in [-0.2, -0.15) is 0 Å². The molecule has 0 rings (SSSR count). The van der Waals surface area contributed by atoms with Crippen LogP contribution in [0.4, 0.5) is 0 Å². The lowest BCUT2D eigenvalue weighted by atomic mass is 10.0. The molecule has 15 heavy (non-hydrogen) atoms. The highest BCUT2D eigenvalue weighted by Crippen LogP contribution is 2.12. The molecule has 0 saturated carbocycles. The topological polar surface area (TPSA) is 26.3 Å². The lowest BCUT2D eigenvalue weighted by molar-refractivity contribution is -0.145. The highest BCUT2D eigenvalue weighted by atomic mass is 16.5. The van der Waals surface area contributed by atoms with Crippen molar-refractivity contribution >= 4 is 5.97 Å². The van der Waals surface area contributed by atoms with Gasteiger partial charge in [-0.3, -0.25) is 4.79 Å². The molecule has 0 N–H and O–H groups in total. The van der Waals surface area contributed by atoms with E-state index in [4.69, 9.17) is 4.74 Å². The summed E-state index contributed by atoms with van der Waals surface area (Å²) in [6, 6.07) is 0. The zero-order chi connectivity index (χ0) is 11.5. The molecule has 0 heterocycles. The van der Waals surface area contributed by atoms with Gasteiger partial charge in [-0.1, -0.05) is 32.8 Å². The van der Waals surface area contributed by atoms with Crippen molar-refractivity contribution in [3.63, 3.8) is 0 Å². The molecule has 0 fully saturated rings. The van der Waals surface area contributed by atoms with Crippen LogP contribution in [0.15, 0.2) is 12.7 Å². The number of allylic oxidation sites excluding steroid dienone is 1. The summed E-state index contributed by atoms with van der Waals surface area (Å²) >= 11 is 0. The molecule has 0 aromatic heterocycles. The first kappa shape index (κ1) is 14.2. The first-order chi connectivity index (χ1) is 7.24. The van der Waals surface area contributed by atoms with Gasteiger partial charge in [0.2, 0.25) is 0 Å². The molecule has 88 valence electrons. The minimum atomic E-state index is -0.0537. The second-order valence-corrected chi connectivity index (χ2v) is 3.97. The number of hydrogen-bond acceptors (Lipinski definition) is 2. The van der Waals surface area contributed by atoms with Crippen LogP contribution >= 0.6 is 0 Å². The molecule has 0 amide bonds. The number of unbranched alkanes of at least 4 members (excludes halogenated alkanes) is 1. The molecule has 0 aromatic rings. The fraction of sp³-hybridized carbons (Fsp3) is 0.769. The second-order valence-electron chi connectivity index (χ2n) is 3.97. The van der Waals surface area contributed by atoms with E-state index in [0.717, 1.165) is 32.1 Å². The zero-order valence-electron chi connectivity index (χ0n) is 10.1. The molecule has 1 atom stereocenters. The summed E-state index contributed by atoms with van der Waals surface area (Å²) in [5, 5.41) is 0. The van der Waals surface area contributed by atoms with Crippen molar-refractivity contribution in [1.29, 1.82) is 0 Å². The summed E-state index contributed by atoms with van der Waals surface area (Å²) < 4.78 is 5.22. The highest BCUT2D eigenvalue weighted by Gasteiger charge is 2.09. The maximum atomic E-state index is 11.3. The first-order valence-corrected chi connectivity index (χ1v) is 6.01. The van der Waals surface area contributed by atoms with Crippen LogP contribution in [0.1, 0.15) is 52.4 Å². The van der Waals surface area contributed by atoms with Crippen molar-refractivity contribution in [3.8, 4) is 0 Å². The van der Waals surface area contributed by atoms with E-state index in [1.165, 1.54) is 0 Å². The molecular weight excluding hydrogens is 188 g/mol. The fourth-order valence-corrected chi connectivity index (χ4v) is 1.52. The predicted molar refractivity (Wildman–Crippen MR) is 63.7 cm³/mol. The number of esters is 1. The van der Waals surface area contributed by atoms with E-state index in [9.17, 15) is 4.79 Å². The second kappa shape index (κ2) is 9.75. The van der Waals surface area contributed by atoms with Crippen molar-refractivity contribution in [2.24, 2.45) is 5.92 Å². The van der Waals surface area contributed by atoms with Crippen LogP contribution in [-0.2, 0) is 9.53 Å². The van der Waals surface area contributed by atoms with Crippen LogP contribution in [0.3, 0.4) is 0 Å². The minimum Gasteiger partial charge on any atom is -0.465 e. The average Bonchev–Trinajstić information content (AvgIpc) is 2.23. The van der Waals surface area contributed by atoms with Crippen LogP contribution in [0.5, 0.6) is 0 Å². The largest absolute Gasteiger partial charge is 0.465 e. The van der Waals surface area contributed by atoms with E-state index in [0.29, 0.717) is 18.9 Å². The van der Waals surface area contributed by atoms with Crippen molar-refractivity contribution in [2.45, 2.75) is 52.4 Å². The van der Waals surface area contributed by atoms with E-state index >= 15 is 0 Å². The van der Waals surface area contributed by atoms with Crippen LogP contribution in [0.25, 0.3) is 0 Å². The molecule has 0 saturated heterocycles.